The zero-order valence-electron chi connectivity index (χ0n) is 16.3. The van der Waals surface area contributed by atoms with Gasteiger partial charge >= 0.3 is 11.9 Å². The molecule has 0 fully saturated rings. The van der Waals surface area contributed by atoms with Gasteiger partial charge in [0.2, 0.25) is 0 Å². The number of carbonyl (C=O) groups is 2. The van der Waals surface area contributed by atoms with Crippen LogP contribution in [0.15, 0.2) is 66.7 Å². The Kier molecular flexibility index (Phi) is 6.01. The van der Waals surface area contributed by atoms with Gasteiger partial charge in [-0.15, -0.1) is 0 Å². The molecule has 3 aromatic rings. The molecule has 0 aliphatic heterocycles. The van der Waals surface area contributed by atoms with E-state index in [1.165, 1.54) is 12.1 Å². The molecule has 0 aromatic heterocycles. The van der Waals surface area contributed by atoms with Crippen LogP contribution in [0.4, 0.5) is 0 Å². The fraction of sp³-hybridized carbons (Fsp3) is 0.167. The third-order valence-corrected chi connectivity index (χ3v) is 6.12. The molecule has 1 aliphatic rings. The molecule has 0 bridgehead atoms. The molecule has 4 rings (SSSR count). The molecule has 3 N–H and O–H groups in total. The molecular formula is C24H19Cl2NO4. The molecule has 0 saturated carbocycles. The van der Waals surface area contributed by atoms with Gasteiger partial charge in [-0.25, -0.2) is 0 Å². The van der Waals surface area contributed by atoms with E-state index >= 15 is 0 Å². The molecule has 31 heavy (non-hydrogen) atoms. The number of ether oxygens (including phenoxy) is 1. The zero-order chi connectivity index (χ0) is 22.1. The van der Waals surface area contributed by atoms with Crippen LogP contribution in [-0.2, 0) is 14.3 Å². The molecule has 3 aromatic carbocycles. The van der Waals surface area contributed by atoms with Crippen LogP contribution in [-0.4, -0.2) is 23.7 Å². The SMILES string of the molecule is NC(c1ccc(Cl)cc1Cl)[C@H](C(=O)O)C(=O)OCC1c2ccccc2-c2ccccc21. The van der Waals surface area contributed by atoms with Gasteiger partial charge in [0.1, 0.15) is 6.61 Å². The minimum atomic E-state index is -1.61. The van der Waals surface area contributed by atoms with E-state index in [1.807, 2.05) is 48.5 Å². The molecule has 0 spiro atoms. The van der Waals surface area contributed by atoms with Crippen molar-refractivity contribution in [3.8, 4) is 11.1 Å². The maximum absolute atomic E-state index is 12.8. The number of aliphatic carboxylic acids is 1. The van der Waals surface area contributed by atoms with E-state index in [1.54, 1.807) is 6.07 Å². The number of halogens is 2. The molecule has 2 atom stereocenters. The molecule has 5 nitrogen and oxygen atoms in total. The first-order chi connectivity index (χ1) is 14.9. The van der Waals surface area contributed by atoms with Gasteiger partial charge in [-0.3, -0.25) is 9.59 Å². The normalized spacial score (nSPS) is 14.4. The Labute approximate surface area is 189 Å². The molecule has 0 radical (unpaired) electrons. The second kappa shape index (κ2) is 8.71. The number of fused-ring (bicyclic) bond motifs is 3. The monoisotopic (exact) mass is 455 g/mol. The van der Waals surface area contributed by atoms with Gasteiger partial charge in [-0.05, 0) is 39.9 Å². The number of benzene rings is 3. The Hall–Kier alpha value is -2.86. The van der Waals surface area contributed by atoms with Gasteiger partial charge in [0.15, 0.2) is 5.92 Å². The zero-order valence-corrected chi connectivity index (χ0v) is 17.8. The van der Waals surface area contributed by atoms with Gasteiger partial charge in [0.05, 0.1) is 6.04 Å². The number of rotatable bonds is 6. The highest BCUT2D eigenvalue weighted by Crippen LogP contribution is 2.44. The number of esters is 1. The predicted molar refractivity (Wildman–Crippen MR) is 119 cm³/mol. The van der Waals surface area contributed by atoms with Crippen molar-refractivity contribution in [3.05, 3.63) is 93.5 Å². The van der Waals surface area contributed by atoms with Gasteiger partial charge in [0, 0.05) is 16.0 Å². The Morgan fingerprint density at radius 2 is 1.55 bits per heavy atom. The van der Waals surface area contributed by atoms with Crippen LogP contribution in [0.1, 0.15) is 28.7 Å². The first kappa shape index (κ1) is 21.4. The van der Waals surface area contributed by atoms with Crippen LogP contribution in [0.25, 0.3) is 11.1 Å². The number of carboxylic acids is 1. The molecular weight excluding hydrogens is 437 g/mol. The van der Waals surface area contributed by atoms with Crippen molar-refractivity contribution in [1.82, 2.24) is 0 Å². The lowest BCUT2D eigenvalue weighted by molar-refractivity contribution is -0.160. The third kappa shape index (κ3) is 4.04. The number of carboxylic acid groups (broad SMARTS) is 1. The summed E-state index contributed by atoms with van der Waals surface area (Å²) in [5.74, 6) is -4.07. The number of hydrogen-bond acceptors (Lipinski definition) is 4. The van der Waals surface area contributed by atoms with Crippen molar-refractivity contribution < 1.29 is 19.4 Å². The largest absolute Gasteiger partial charge is 0.481 e. The van der Waals surface area contributed by atoms with Crippen molar-refractivity contribution in [1.29, 1.82) is 0 Å². The summed E-state index contributed by atoms with van der Waals surface area (Å²) >= 11 is 12.1. The summed E-state index contributed by atoms with van der Waals surface area (Å²) < 4.78 is 5.50. The summed E-state index contributed by atoms with van der Waals surface area (Å²) in [5.41, 5.74) is 10.7. The van der Waals surface area contributed by atoms with Crippen LogP contribution in [0.2, 0.25) is 10.0 Å². The summed E-state index contributed by atoms with van der Waals surface area (Å²) in [4.78, 5) is 24.7. The Morgan fingerprint density at radius 1 is 0.968 bits per heavy atom. The molecule has 1 aliphatic carbocycles. The third-order valence-electron chi connectivity index (χ3n) is 5.56. The van der Waals surface area contributed by atoms with Gasteiger partial charge in [0.25, 0.3) is 0 Å². The lowest BCUT2D eigenvalue weighted by Gasteiger charge is -2.22. The standard InChI is InChI=1S/C24H19Cl2NO4/c25-13-9-10-18(20(26)11-13)22(27)21(23(28)29)24(30)31-12-19-16-7-3-1-5-14(16)15-6-2-4-8-17(15)19/h1-11,19,21-22H,12,27H2,(H,28,29)/t21-,22?/m1/s1. The lowest BCUT2D eigenvalue weighted by atomic mass is 9.93. The maximum atomic E-state index is 12.8. The maximum Gasteiger partial charge on any atom is 0.322 e. The van der Waals surface area contributed by atoms with Crippen molar-refractivity contribution >= 4 is 35.1 Å². The van der Waals surface area contributed by atoms with Crippen LogP contribution in [0.3, 0.4) is 0 Å². The van der Waals surface area contributed by atoms with E-state index < -0.39 is 23.9 Å². The van der Waals surface area contributed by atoms with Crippen LogP contribution in [0, 0.1) is 5.92 Å². The van der Waals surface area contributed by atoms with Crippen LogP contribution >= 0.6 is 23.2 Å². The lowest BCUT2D eigenvalue weighted by Crippen LogP contribution is -2.36. The second-order valence-electron chi connectivity index (χ2n) is 7.36. The highest BCUT2D eigenvalue weighted by atomic mass is 35.5. The van der Waals surface area contributed by atoms with E-state index in [9.17, 15) is 14.7 Å². The summed E-state index contributed by atoms with van der Waals surface area (Å²) in [6.07, 6.45) is 0. The van der Waals surface area contributed by atoms with Gasteiger partial charge < -0.3 is 15.6 Å². The van der Waals surface area contributed by atoms with Crippen molar-refractivity contribution in [2.24, 2.45) is 11.7 Å². The summed E-state index contributed by atoms with van der Waals surface area (Å²) in [6, 6.07) is 19.1. The van der Waals surface area contributed by atoms with Gasteiger partial charge in [-0.1, -0.05) is 77.8 Å². The average Bonchev–Trinajstić information content (AvgIpc) is 3.06. The first-order valence-corrected chi connectivity index (χ1v) is 10.4. The highest BCUT2D eigenvalue weighted by Gasteiger charge is 2.37. The first-order valence-electron chi connectivity index (χ1n) is 9.66. The van der Waals surface area contributed by atoms with E-state index in [0.717, 1.165) is 22.3 Å². The fourth-order valence-corrected chi connectivity index (χ4v) is 4.58. The number of nitrogens with two attached hydrogens (primary N) is 1. The van der Waals surface area contributed by atoms with Gasteiger partial charge in [-0.2, -0.15) is 0 Å². The van der Waals surface area contributed by atoms with Crippen molar-refractivity contribution in [3.63, 3.8) is 0 Å². The Morgan fingerprint density at radius 3 is 2.10 bits per heavy atom. The molecule has 158 valence electrons. The molecule has 0 heterocycles. The average molecular weight is 456 g/mol. The quantitative estimate of drug-likeness (QED) is 0.400. The summed E-state index contributed by atoms with van der Waals surface area (Å²) in [6.45, 7) is 0.0116. The van der Waals surface area contributed by atoms with Crippen molar-refractivity contribution in [2.45, 2.75) is 12.0 Å². The summed E-state index contributed by atoms with van der Waals surface area (Å²) in [5, 5.41) is 10.3. The Bertz CT molecular complexity index is 1120. The minimum absolute atomic E-state index is 0.0116. The molecule has 1 unspecified atom stereocenters. The van der Waals surface area contributed by atoms with E-state index in [0.29, 0.717) is 10.6 Å². The number of carbonyl (C=O) groups excluding carboxylic acids is 1. The highest BCUT2D eigenvalue weighted by molar-refractivity contribution is 6.35. The topological polar surface area (TPSA) is 89.6 Å². The van der Waals surface area contributed by atoms with E-state index in [4.69, 9.17) is 33.7 Å². The summed E-state index contributed by atoms with van der Waals surface area (Å²) in [7, 11) is 0. The fourth-order valence-electron chi connectivity index (χ4n) is 4.05. The smallest absolute Gasteiger partial charge is 0.322 e. The van der Waals surface area contributed by atoms with Crippen molar-refractivity contribution in [2.75, 3.05) is 6.61 Å². The van der Waals surface area contributed by atoms with Crippen LogP contribution in [0.5, 0.6) is 0 Å². The second-order valence-corrected chi connectivity index (χ2v) is 8.21. The Balaban J connectivity index is 1.56. The minimum Gasteiger partial charge on any atom is -0.481 e. The van der Waals surface area contributed by atoms with E-state index in [2.05, 4.69) is 0 Å². The predicted octanol–water partition coefficient (Wildman–Crippen LogP) is 5.05. The molecule has 0 saturated heterocycles. The van der Waals surface area contributed by atoms with Crippen LogP contribution < -0.4 is 5.73 Å². The molecule has 7 heteroatoms. The van der Waals surface area contributed by atoms with E-state index in [-0.39, 0.29) is 17.5 Å². The molecule has 0 amide bonds. The number of hydrogen-bond donors (Lipinski definition) is 2.